The molecule has 0 saturated carbocycles. The number of hydrogen-bond acceptors (Lipinski definition) is 6. The van der Waals surface area contributed by atoms with Crippen molar-refractivity contribution in [3.05, 3.63) is 27.5 Å². The maximum Gasteiger partial charge on any atom is 0.358 e. The molecule has 0 atom stereocenters. The number of rotatable bonds is 5. The molecule has 9 heteroatoms. The summed E-state index contributed by atoms with van der Waals surface area (Å²) < 4.78 is 1.48. The number of thiazole rings is 1. The van der Waals surface area contributed by atoms with Gasteiger partial charge in [-0.05, 0) is 6.92 Å². The molecule has 0 aliphatic heterocycles. The van der Waals surface area contributed by atoms with Crippen molar-refractivity contribution < 1.29 is 14.7 Å². The number of aromatic carboxylic acids is 1. The van der Waals surface area contributed by atoms with Crippen molar-refractivity contribution in [2.75, 3.05) is 14.1 Å². The van der Waals surface area contributed by atoms with Gasteiger partial charge in [0.1, 0.15) is 5.01 Å². The van der Waals surface area contributed by atoms with Crippen molar-refractivity contribution in [1.29, 1.82) is 0 Å². The second kappa shape index (κ2) is 6.00. The molecule has 21 heavy (non-hydrogen) atoms. The lowest BCUT2D eigenvalue weighted by atomic mass is 10.3. The Kier molecular flexibility index (Phi) is 4.32. The second-order valence-electron chi connectivity index (χ2n) is 4.68. The van der Waals surface area contributed by atoms with Crippen LogP contribution in [0.5, 0.6) is 0 Å². The summed E-state index contributed by atoms with van der Waals surface area (Å²) in [5.41, 5.74) is 1.14. The Morgan fingerprint density at radius 3 is 2.71 bits per heavy atom. The molecule has 0 spiro atoms. The van der Waals surface area contributed by atoms with Gasteiger partial charge in [-0.3, -0.25) is 4.79 Å². The van der Waals surface area contributed by atoms with E-state index in [1.165, 1.54) is 20.9 Å². The van der Waals surface area contributed by atoms with Crippen LogP contribution in [0, 0.1) is 6.92 Å². The zero-order valence-electron chi connectivity index (χ0n) is 11.9. The highest BCUT2D eigenvalue weighted by Crippen LogP contribution is 2.13. The average Bonchev–Trinajstić information content (AvgIpc) is 2.98. The van der Waals surface area contributed by atoms with E-state index in [2.05, 4.69) is 15.3 Å². The van der Waals surface area contributed by atoms with Crippen molar-refractivity contribution in [2.45, 2.75) is 19.9 Å². The van der Waals surface area contributed by atoms with Crippen LogP contribution in [0.4, 0.5) is 0 Å². The highest BCUT2D eigenvalue weighted by molar-refractivity contribution is 7.09. The molecule has 0 aliphatic carbocycles. The largest absolute Gasteiger partial charge is 0.476 e. The van der Waals surface area contributed by atoms with Gasteiger partial charge in [0.15, 0.2) is 5.69 Å². The quantitative estimate of drug-likeness (QED) is 0.859. The number of carboxylic acids is 1. The van der Waals surface area contributed by atoms with Crippen molar-refractivity contribution >= 4 is 23.2 Å². The molecule has 1 N–H and O–H groups in total. The summed E-state index contributed by atoms with van der Waals surface area (Å²) >= 11 is 1.40. The fourth-order valence-corrected chi connectivity index (χ4v) is 2.43. The summed E-state index contributed by atoms with van der Waals surface area (Å²) in [7, 11) is 3.39. The number of nitrogens with zero attached hydrogens (tertiary/aromatic N) is 5. The molecule has 0 aliphatic rings. The van der Waals surface area contributed by atoms with Gasteiger partial charge in [0, 0.05) is 19.5 Å². The number of amides is 1. The smallest absolute Gasteiger partial charge is 0.358 e. The molecule has 1 amide bonds. The van der Waals surface area contributed by atoms with E-state index in [0.29, 0.717) is 12.2 Å². The van der Waals surface area contributed by atoms with Crippen molar-refractivity contribution in [3.63, 3.8) is 0 Å². The molecule has 2 aromatic heterocycles. The van der Waals surface area contributed by atoms with E-state index in [4.69, 9.17) is 5.11 Å². The van der Waals surface area contributed by atoms with E-state index in [1.54, 1.807) is 21.0 Å². The number of carbonyl (C=O) groups is 2. The van der Waals surface area contributed by atoms with Gasteiger partial charge in [-0.1, -0.05) is 5.21 Å². The summed E-state index contributed by atoms with van der Waals surface area (Å²) in [4.78, 5) is 28.4. The van der Waals surface area contributed by atoms with Crippen LogP contribution in [0.15, 0.2) is 5.38 Å². The molecule has 0 fully saturated rings. The Morgan fingerprint density at radius 2 is 2.14 bits per heavy atom. The predicted molar refractivity (Wildman–Crippen MR) is 75.3 cm³/mol. The summed E-state index contributed by atoms with van der Waals surface area (Å²) in [6, 6.07) is 0. The van der Waals surface area contributed by atoms with Gasteiger partial charge in [0.05, 0.1) is 24.4 Å². The van der Waals surface area contributed by atoms with Crippen LogP contribution in [-0.2, 0) is 17.8 Å². The fourth-order valence-electron chi connectivity index (χ4n) is 1.65. The number of carboxylic acid groups (broad SMARTS) is 1. The molecule has 2 heterocycles. The van der Waals surface area contributed by atoms with Crippen LogP contribution in [0.2, 0.25) is 0 Å². The Bertz CT molecular complexity index is 676. The molecule has 2 rings (SSSR count). The van der Waals surface area contributed by atoms with E-state index in [-0.39, 0.29) is 18.0 Å². The molecular formula is C12H15N5O3S. The third-order valence-corrected chi connectivity index (χ3v) is 3.80. The topological polar surface area (TPSA) is 101 Å². The highest BCUT2D eigenvalue weighted by Gasteiger charge is 2.16. The summed E-state index contributed by atoms with van der Waals surface area (Å²) in [6.45, 7) is 1.98. The van der Waals surface area contributed by atoms with Gasteiger partial charge < -0.3 is 10.0 Å². The van der Waals surface area contributed by atoms with Gasteiger partial charge in [0.25, 0.3) is 0 Å². The number of carbonyl (C=O) groups excluding carboxylic acids is 1. The van der Waals surface area contributed by atoms with Crippen molar-refractivity contribution in [2.24, 2.45) is 0 Å². The number of aromatic nitrogens is 4. The van der Waals surface area contributed by atoms with Crippen molar-refractivity contribution in [1.82, 2.24) is 24.9 Å². The van der Waals surface area contributed by atoms with Crippen molar-refractivity contribution in [3.8, 4) is 0 Å². The first kappa shape index (κ1) is 15.1. The third kappa shape index (κ3) is 3.43. The number of hydrogen-bond donors (Lipinski definition) is 1. The zero-order chi connectivity index (χ0) is 15.6. The molecular weight excluding hydrogens is 294 g/mol. The Labute approximate surface area is 125 Å². The first-order chi connectivity index (χ1) is 9.88. The van der Waals surface area contributed by atoms with Crippen LogP contribution in [0.3, 0.4) is 0 Å². The van der Waals surface area contributed by atoms with E-state index in [0.717, 1.165) is 10.7 Å². The van der Waals surface area contributed by atoms with Crippen LogP contribution >= 0.6 is 11.3 Å². The van der Waals surface area contributed by atoms with E-state index >= 15 is 0 Å². The normalized spacial score (nSPS) is 10.6. The Hall–Kier alpha value is -2.29. The molecule has 2 aromatic rings. The Morgan fingerprint density at radius 1 is 1.43 bits per heavy atom. The van der Waals surface area contributed by atoms with Gasteiger partial charge in [-0.15, -0.1) is 16.4 Å². The first-order valence-corrected chi connectivity index (χ1v) is 7.03. The minimum atomic E-state index is -1.10. The lowest BCUT2D eigenvalue weighted by Crippen LogP contribution is -2.23. The van der Waals surface area contributed by atoms with Gasteiger partial charge in [-0.2, -0.15) is 0 Å². The van der Waals surface area contributed by atoms with E-state index < -0.39 is 5.97 Å². The first-order valence-electron chi connectivity index (χ1n) is 6.15. The van der Waals surface area contributed by atoms with Crippen LogP contribution in [-0.4, -0.2) is 56.0 Å². The van der Waals surface area contributed by atoms with E-state index in [9.17, 15) is 9.59 Å². The van der Waals surface area contributed by atoms with Gasteiger partial charge in [0.2, 0.25) is 5.91 Å². The minimum Gasteiger partial charge on any atom is -0.476 e. The van der Waals surface area contributed by atoms with E-state index in [1.807, 2.05) is 5.38 Å². The predicted octanol–water partition coefficient (Wildman–Crippen LogP) is 0.420. The molecule has 0 aromatic carbocycles. The van der Waals surface area contributed by atoms with Gasteiger partial charge in [-0.25, -0.2) is 14.5 Å². The average molecular weight is 309 g/mol. The molecule has 0 radical (unpaired) electrons. The van der Waals surface area contributed by atoms with Gasteiger partial charge >= 0.3 is 5.97 Å². The molecule has 0 saturated heterocycles. The summed E-state index contributed by atoms with van der Waals surface area (Å²) in [5.74, 6) is -1.12. The zero-order valence-corrected chi connectivity index (χ0v) is 12.7. The van der Waals surface area contributed by atoms with Crippen LogP contribution in [0.25, 0.3) is 0 Å². The minimum absolute atomic E-state index is 0.0130. The second-order valence-corrected chi connectivity index (χ2v) is 5.63. The highest BCUT2D eigenvalue weighted by atomic mass is 32.1. The lowest BCUT2D eigenvalue weighted by molar-refractivity contribution is -0.127. The monoisotopic (exact) mass is 309 g/mol. The molecule has 0 unspecified atom stereocenters. The number of likely N-dealkylation sites (N-methyl/N-ethyl adjacent to an activating group) is 1. The Balaban J connectivity index is 2.09. The fraction of sp³-hybridized carbons (Fsp3) is 0.417. The maximum absolute atomic E-state index is 11.6. The standard InChI is InChI=1S/C12H15N5O3S/c1-7-11(12(19)20)14-15-17(7)5-8-6-21-9(13-8)4-10(18)16(2)3/h6H,4-5H2,1-3H3,(H,19,20). The lowest BCUT2D eigenvalue weighted by Gasteiger charge is -2.07. The molecule has 0 bridgehead atoms. The third-order valence-electron chi connectivity index (χ3n) is 2.90. The maximum atomic E-state index is 11.6. The van der Waals surface area contributed by atoms with Crippen LogP contribution in [0.1, 0.15) is 26.9 Å². The molecule has 8 nitrogen and oxygen atoms in total. The summed E-state index contributed by atoms with van der Waals surface area (Å²) in [6.07, 6.45) is 0.258. The van der Waals surface area contributed by atoms with Crippen LogP contribution < -0.4 is 0 Å². The molecule has 112 valence electrons. The SMILES string of the molecule is Cc1c(C(=O)O)nnn1Cc1csc(CC(=O)N(C)C)n1. The summed E-state index contributed by atoms with van der Waals surface area (Å²) in [5, 5.41) is 18.9.